The Hall–Kier alpha value is -3.01. The van der Waals surface area contributed by atoms with E-state index >= 15 is 0 Å². The minimum Gasteiger partial charge on any atom is -0.496 e. The molecule has 0 radical (unpaired) electrons. The number of fused-ring (bicyclic) bond motifs is 1. The predicted molar refractivity (Wildman–Crippen MR) is 115 cm³/mol. The fourth-order valence-corrected chi connectivity index (χ4v) is 3.67. The van der Waals surface area contributed by atoms with Gasteiger partial charge < -0.3 is 25.8 Å². The number of anilines is 2. The van der Waals surface area contributed by atoms with Gasteiger partial charge in [-0.15, -0.1) is 0 Å². The number of nitrogens with one attached hydrogen (secondary N) is 3. The Bertz CT molecular complexity index is 1130. The van der Waals surface area contributed by atoms with Crippen molar-refractivity contribution in [1.82, 2.24) is 20.6 Å². The Labute approximate surface area is 182 Å². The van der Waals surface area contributed by atoms with E-state index in [4.69, 9.17) is 16.3 Å². The first-order valence-electron chi connectivity index (χ1n) is 9.67. The molecule has 4 N–H and O–H groups in total. The number of aliphatic hydroxyl groups is 1. The summed E-state index contributed by atoms with van der Waals surface area (Å²) in [6.45, 7) is 0.625. The van der Waals surface area contributed by atoms with Gasteiger partial charge in [0, 0.05) is 35.8 Å². The number of nitrogens with zero attached hydrogens (tertiary/aromatic N) is 2. The highest BCUT2D eigenvalue weighted by molar-refractivity contribution is 6.31. The van der Waals surface area contributed by atoms with Gasteiger partial charge >= 0.3 is 0 Å². The second kappa shape index (κ2) is 9.01. The van der Waals surface area contributed by atoms with E-state index in [2.05, 4.69) is 25.9 Å². The van der Waals surface area contributed by atoms with Crippen molar-refractivity contribution in [2.45, 2.75) is 25.1 Å². The Morgan fingerprint density at radius 2 is 2.19 bits per heavy atom. The number of aliphatic hydroxyl groups excluding tert-OH is 1. The number of ether oxygens (including phenoxy) is 1. The molecule has 1 amide bonds. The number of carbonyl (C=O) groups is 1. The number of benzene rings is 2. The van der Waals surface area contributed by atoms with E-state index in [1.165, 1.54) is 18.5 Å². The van der Waals surface area contributed by atoms with Crippen LogP contribution in [-0.2, 0) is 11.3 Å². The van der Waals surface area contributed by atoms with Gasteiger partial charge in [-0.3, -0.25) is 4.79 Å². The average molecular weight is 446 g/mol. The number of methoxy groups -OCH3 is 1. The summed E-state index contributed by atoms with van der Waals surface area (Å²) >= 11 is 5.87. The van der Waals surface area contributed by atoms with Crippen molar-refractivity contribution in [1.29, 1.82) is 0 Å². The Balaban J connectivity index is 1.60. The highest BCUT2D eigenvalue weighted by Gasteiger charge is 2.27. The van der Waals surface area contributed by atoms with Crippen LogP contribution >= 0.6 is 11.6 Å². The molecule has 0 unspecified atom stereocenters. The van der Waals surface area contributed by atoms with E-state index in [-0.39, 0.29) is 17.5 Å². The first kappa shape index (κ1) is 21.2. The van der Waals surface area contributed by atoms with Gasteiger partial charge in [-0.25, -0.2) is 14.4 Å². The van der Waals surface area contributed by atoms with Crippen LogP contribution < -0.4 is 20.7 Å². The van der Waals surface area contributed by atoms with Crippen LogP contribution in [0.15, 0.2) is 36.7 Å². The molecule has 2 atom stereocenters. The molecule has 1 aliphatic rings. The summed E-state index contributed by atoms with van der Waals surface area (Å²) in [7, 11) is 1.54. The Morgan fingerprint density at radius 1 is 1.35 bits per heavy atom. The molecule has 0 bridgehead atoms. The first-order chi connectivity index (χ1) is 14.9. The minimum atomic E-state index is -0.517. The molecule has 3 aromatic rings. The average Bonchev–Trinajstić information content (AvgIpc) is 3.20. The van der Waals surface area contributed by atoms with Crippen LogP contribution in [0.4, 0.5) is 15.9 Å². The highest BCUT2D eigenvalue weighted by atomic mass is 35.5. The van der Waals surface area contributed by atoms with Crippen molar-refractivity contribution in [3.05, 3.63) is 53.1 Å². The summed E-state index contributed by atoms with van der Waals surface area (Å²) in [4.78, 5) is 21.0. The van der Waals surface area contributed by atoms with Gasteiger partial charge in [0.1, 0.15) is 23.7 Å². The molecule has 162 valence electrons. The Morgan fingerprint density at radius 3 is 2.90 bits per heavy atom. The van der Waals surface area contributed by atoms with E-state index in [1.54, 1.807) is 19.2 Å². The molecule has 10 heteroatoms. The summed E-state index contributed by atoms with van der Waals surface area (Å²) in [6, 6.07) is 7.47. The zero-order chi connectivity index (χ0) is 22.0. The second-order valence-electron chi connectivity index (χ2n) is 7.23. The molecule has 0 saturated carbocycles. The first-order valence-corrected chi connectivity index (χ1v) is 10.0. The van der Waals surface area contributed by atoms with E-state index in [0.717, 1.165) is 5.56 Å². The molecule has 1 saturated heterocycles. The van der Waals surface area contributed by atoms with E-state index < -0.39 is 18.0 Å². The minimum absolute atomic E-state index is 0.000858. The maximum absolute atomic E-state index is 13.5. The normalized spacial score (nSPS) is 18.2. The molecule has 2 heterocycles. The molecule has 4 rings (SSSR count). The Kier molecular flexibility index (Phi) is 6.17. The van der Waals surface area contributed by atoms with Gasteiger partial charge in [-0.2, -0.15) is 0 Å². The quantitative estimate of drug-likeness (QED) is 0.461. The largest absolute Gasteiger partial charge is 0.496 e. The maximum atomic E-state index is 13.5. The third-order valence-electron chi connectivity index (χ3n) is 5.10. The van der Waals surface area contributed by atoms with E-state index in [1.807, 2.05) is 6.07 Å². The highest BCUT2D eigenvalue weighted by Crippen LogP contribution is 2.30. The molecule has 1 fully saturated rings. The zero-order valence-corrected chi connectivity index (χ0v) is 17.4. The number of hydrogen-bond acceptors (Lipinski definition) is 7. The molecular formula is C21H21ClFN5O3. The molecule has 1 aromatic heterocycles. The van der Waals surface area contributed by atoms with Gasteiger partial charge in [-0.1, -0.05) is 11.6 Å². The number of halogens is 2. The van der Waals surface area contributed by atoms with Crippen LogP contribution in [0.2, 0.25) is 5.02 Å². The number of hydrogen-bond donors (Lipinski definition) is 4. The third kappa shape index (κ3) is 4.68. The molecule has 2 aromatic carbocycles. The lowest BCUT2D eigenvalue weighted by Crippen LogP contribution is -2.40. The van der Waals surface area contributed by atoms with Crippen LogP contribution in [0, 0.1) is 5.82 Å². The van der Waals surface area contributed by atoms with Crippen molar-refractivity contribution in [2.75, 3.05) is 19.0 Å². The fraction of sp³-hybridized carbons (Fsp3) is 0.286. The molecule has 0 spiro atoms. The number of amides is 1. The molecule has 8 nitrogen and oxygen atoms in total. The molecule has 31 heavy (non-hydrogen) atoms. The summed E-state index contributed by atoms with van der Waals surface area (Å²) in [5.74, 6) is 0.374. The van der Waals surface area contributed by atoms with Crippen LogP contribution in [-0.4, -0.2) is 46.8 Å². The smallest absolute Gasteiger partial charge is 0.237 e. The van der Waals surface area contributed by atoms with Crippen molar-refractivity contribution in [3.63, 3.8) is 0 Å². The standard InChI is InChI=1S/C21H21ClFN5O3/c1-31-19-7-17-14(4-11(19)8-25-21(30)18-6-13(29)9-24-18)20(27-10-26-17)28-12-2-3-16(23)15(22)5-12/h2-5,7,10,13,18,24,29H,6,8-9H2,1H3,(H,25,30)(H,26,27,28)/t13-,18-/m1/s1. The molecule has 0 aliphatic carbocycles. The van der Waals surface area contributed by atoms with Crippen LogP contribution in [0.5, 0.6) is 5.75 Å². The van der Waals surface area contributed by atoms with Gasteiger partial charge in [-0.05, 0) is 30.7 Å². The third-order valence-corrected chi connectivity index (χ3v) is 5.39. The second-order valence-corrected chi connectivity index (χ2v) is 7.63. The van der Waals surface area contributed by atoms with Crippen molar-refractivity contribution in [2.24, 2.45) is 0 Å². The van der Waals surface area contributed by atoms with E-state index in [9.17, 15) is 14.3 Å². The SMILES string of the molecule is COc1cc2ncnc(Nc3ccc(F)c(Cl)c3)c2cc1CNC(=O)[C@H]1C[C@@H](O)CN1. The summed E-state index contributed by atoms with van der Waals surface area (Å²) in [5, 5.41) is 19.3. The number of rotatable bonds is 6. The number of aromatic nitrogens is 2. The number of carbonyl (C=O) groups excluding carboxylic acids is 1. The summed E-state index contributed by atoms with van der Waals surface area (Å²) in [6.07, 6.45) is 1.27. The number of β-amino-alcohol motifs (C(OH)–C–C–N with tert-alkyl or cyclic N) is 1. The summed E-state index contributed by atoms with van der Waals surface area (Å²) < 4.78 is 18.9. The van der Waals surface area contributed by atoms with E-state index in [0.29, 0.717) is 41.1 Å². The van der Waals surface area contributed by atoms with Crippen molar-refractivity contribution in [3.8, 4) is 5.75 Å². The molecular weight excluding hydrogens is 425 g/mol. The van der Waals surface area contributed by atoms with Crippen molar-refractivity contribution >= 4 is 39.9 Å². The van der Waals surface area contributed by atoms with Crippen molar-refractivity contribution < 1.29 is 19.0 Å². The van der Waals surface area contributed by atoms with Crippen LogP contribution in [0.3, 0.4) is 0 Å². The summed E-state index contributed by atoms with van der Waals surface area (Å²) in [5.41, 5.74) is 1.94. The lowest BCUT2D eigenvalue weighted by Gasteiger charge is -2.15. The van der Waals surface area contributed by atoms with Gasteiger partial charge in [0.2, 0.25) is 5.91 Å². The van der Waals surface area contributed by atoms with Gasteiger partial charge in [0.25, 0.3) is 0 Å². The fourth-order valence-electron chi connectivity index (χ4n) is 3.49. The monoisotopic (exact) mass is 445 g/mol. The lowest BCUT2D eigenvalue weighted by atomic mass is 10.1. The zero-order valence-electron chi connectivity index (χ0n) is 16.7. The van der Waals surface area contributed by atoms with Gasteiger partial charge in [0.15, 0.2) is 0 Å². The van der Waals surface area contributed by atoms with Crippen LogP contribution in [0.25, 0.3) is 10.9 Å². The predicted octanol–water partition coefficient (Wildman–Crippen LogP) is 2.51. The topological polar surface area (TPSA) is 108 Å². The maximum Gasteiger partial charge on any atom is 0.237 e. The molecule has 1 aliphatic heterocycles. The lowest BCUT2D eigenvalue weighted by molar-refractivity contribution is -0.123. The van der Waals surface area contributed by atoms with Gasteiger partial charge in [0.05, 0.1) is 29.8 Å². The van der Waals surface area contributed by atoms with Crippen LogP contribution in [0.1, 0.15) is 12.0 Å².